The summed E-state index contributed by atoms with van der Waals surface area (Å²) in [5.41, 5.74) is -0.765. The van der Waals surface area contributed by atoms with Gasteiger partial charge in [0, 0.05) is 13.5 Å². The molecule has 9 nitrogen and oxygen atoms in total. The standard InChI is InChI=1S/C17H31N3O6/c1-7-10(2)13(15(24)18-6)20-14(23)11(8-9-12(21)22)19-16(25)26-17(3,4)5/h10-11,13H,7-9H2,1-6H3,(H,18,24)(H,19,25)(H,20,23)(H,21,22)/t10-,11-,13-/m0/s1. The zero-order valence-electron chi connectivity index (χ0n) is 16.3. The third-order valence-electron chi connectivity index (χ3n) is 3.69. The molecule has 0 rings (SSSR count). The average molecular weight is 373 g/mol. The largest absolute Gasteiger partial charge is 0.481 e. The van der Waals surface area contributed by atoms with Gasteiger partial charge in [0.1, 0.15) is 17.7 Å². The van der Waals surface area contributed by atoms with Gasteiger partial charge in [-0.15, -0.1) is 0 Å². The molecule has 0 saturated heterocycles. The SMILES string of the molecule is CC[C@H](C)[C@H](NC(=O)[C@H](CCC(=O)O)NC(=O)OC(C)(C)C)C(=O)NC. The number of rotatable bonds is 9. The van der Waals surface area contributed by atoms with Crippen molar-refractivity contribution in [3.8, 4) is 0 Å². The summed E-state index contributed by atoms with van der Waals surface area (Å²) in [4.78, 5) is 47.3. The quantitative estimate of drug-likeness (QED) is 0.477. The summed E-state index contributed by atoms with van der Waals surface area (Å²) >= 11 is 0. The molecule has 26 heavy (non-hydrogen) atoms. The first-order valence-corrected chi connectivity index (χ1v) is 8.64. The van der Waals surface area contributed by atoms with E-state index >= 15 is 0 Å². The van der Waals surface area contributed by atoms with Crippen molar-refractivity contribution in [1.29, 1.82) is 0 Å². The highest BCUT2D eigenvalue weighted by Gasteiger charge is 2.30. The van der Waals surface area contributed by atoms with Gasteiger partial charge in [-0.2, -0.15) is 0 Å². The highest BCUT2D eigenvalue weighted by atomic mass is 16.6. The Bertz CT molecular complexity index is 515. The van der Waals surface area contributed by atoms with Crippen molar-refractivity contribution in [3.63, 3.8) is 0 Å². The fourth-order valence-corrected chi connectivity index (χ4v) is 2.10. The van der Waals surface area contributed by atoms with Crippen molar-refractivity contribution in [2.75, 3.05) is 7.05 Å². The van der Waals surface area contributed by atoms with E-state index in [1.807, 2.05) is 13.8 Å². The van der Waals surface area contributed by atoms with Crippen LogP contribution in [0.3, 0.4) is 0 Å². The highest BCUT2D eigenvalue weighted by molar-refractivity contribution is 5.91. The third kappa shape index (κ3) is 9.24. The second-order valence-electron chi connectivity index (χ2n) is 7.12. The lowest BCUT2D eigenvalue weighted by Gasteiger charge is -2.27. The van der Waals surface area contributed by atoms with E-state index < -0.39 is 35.7 Å². The second kappa shape index (κ2) is 10.6. The molecule has 0 saturated carbocycles. The van der Waals surface area contributed by atoms with Crippen molar-refractivity contribution in [2.24, 2.45) is 5.92 Å². The van der Waals surface area contributed by atoms with Gasteiger partial charge in [0.25, 0.3) is 0 Å². The number of carboxylic acids is 1. The van der Waals surface area contributed by atoms with E-state index in [0.717, 1.165) is 0 Å². The van der Waals surface area contributed by atoms with Crippen LogP contribution >= 0.6 is 0 Å². The number of aliphatic carboxylic acids is 1. The van der Waals surface area contributed by atoms with Crippen LogP contribution in [0.25, 0.3) is 0 Å². The Morgan fingerprint density at radius 1 is 1.08 bits per heavy atom. The number of carboxylic acid groups (broad SMARTS) is 1. The van der Waals surface area contributed by atoms with Crippen molar-refractivity contribution in [2.45, 2.75) is 71.6 Å². The van der Waals surface area contributed by atoms with E-state index in [0.29, 0.717) is 6.42 Å². The van der Waals surface area contributed by atoms with Crippen LogP contribution in [0.5, 0.6) is 0 Å². The van der Waals surface area contributed by atoms with E-state index in [1.165, 1.54) is 7.05 Å². The van der Waals surface area contributed by atoms with Crippen LogP contribution in [-0.4, -0.2) is 53.7 Å². The van der Waals surface area contributed by atoms with Crippen molar-refractivity contribution >= 4 is 23.9 Å². The molecule has 0 aromatic rings. The number of hydrogen-bond donors (Lipinski definition) is 4. The molecule has 0 aromatic carbocycles. The maximum absolute atomic E-state index is 12.6. The number of likely N-dealkylation sites (N-methyl/N-ethyl adjacent to an activating group) is 1. The Morgan fingerprint density at radius 3 is 2.08 bits per heavy atom. The smallest absolute Gasteiger partial charge is 0.408 e. The van der Waals surface area contributed by atoms with Crippen molar-refractivity contribution < 1.29 is 29.0 Å². The Kier molecular flexibility index (Phi) is 9.67. The molecule has 0 aliphatic heterocycles. The van der Waals surface area contributed by atoms with Crippen LogP contribution in [0.4, 0.5) is 4.79 Å². The summed E-state index contributed by atoms with van der Waals surface area (Å²) in [5, 5.41) is 16.3. The molecule has 0 aromatic heterocycles. The number of ether oxygens (including phenoxy) is 1. The van der Waals surface area contributed by atoms with Gasteiger partial charge in [0.15, 0.2) is 0 Å². The molecule has 0 radical (unpaired) electrons. The molecular weight excluding hydrogens is 342 g/mol. The first-order valence-electron chi connectivity index (χ1n) is 8.64. The molecule has 0 bridgehead atoms. The van der Waals surface area contributed by atoms with E-state index in [1.54, 1.807) is 20.8 Å². The minimum Gasteiger partial charge on any atom is -0.481 e. The van der Waals surface area contributed by atoms with Gasteiger partial charge < -0.3 is 25.8 Å². The van der Waals surface area contributed by atoms with Crippen LogP contribution in [0, 0.1) is 5.92 Å². The Hall–Kier alpha value is -2.32. The molecule has 150 valence electrons. The maximum atomic E-state index is 12.6. The number of nitrogens with one attached hydrogen (secondary N) is 3. The normalized spacial score (nSPS) is 14.5. The fourth-order valence-electron chi connectivity index (χ4n) is 2.10. The number of alkyl carbamates (subject to hydrolysis) is 1. The molecular formula is C17H31N3O6. The highest BCUT2D eigenvalue weighted by Crippen LogP contribution is 2.11. The molecule has 0 aliphatic carbocycles. The summed E-state index contributed by atoms with van der Waals surface area (Å²) in [5.74, 6) is -2.23. The molecule has 9 heteroatoms. The average Bonchev–Trinajstić information content (AvgIpc) is 2.52. The van der Waals surface area contributed by atoms with Crippen LogP contribution in [0.15, 0.2) is 0 Å². The molecule has 0 heterocycles. The molecule has 4 N–H and O–H groups in total. The number of hydrogen-bond acceptors (Lipinski definition) is 5. The lowest BCUT2D eigenvalue weighted by molar-refractivity contribution is -0.137. The maximum Gasteiger partial charge on any atom is 0.408 e. The van der Waals surface area contributed by atoms with Gasteiger partial charge in [-0.3, -0.25) is 14.4 Å². The Morgan fingerprint density at radius 2 is 1.65 bits per heavy atom. The summed E-state index contributed by atoms with van der Waals surface area (Å²) < 4.78 is 5.11. The van der Waals surface area contributed by atoms with Crippen LogP contribution in [0.2, 0.25) is 0 Å². The van der Waals surface area contributed by atoms with Gasteiger partial charge in [-0.1, -0.05) is 20.3 Å². The zero-order chi connectivity index (χ0) is 20.5. The van der Waals surface area contributed by atoms with Gasteiger partial charge in [0.2, 0.25) is 11.8 Å². The summed E-state index contributed by atoms with van der Waals surface area (Å²) in [6, 6.07) is -1.91. The lowest BCUT2D eigenvalue weighted by atomic mass is 9.97. The number of carbonyl (C=O) groups excluding carboxylic acids is 3. The monoisotopic (exact) mass is 373 g/mol. The zero-order valence-corrected chi connectivity index (χ0v) is 16.3. The van der Waals surface area contributed by atoms with E-state index in [-0.39, 0.29) is 24.7 Å². The van der Waals surface area contributed by atoms with Crippen LogP contribution in [-0.2, 0) is 19.1 Å². The van der Waals surface area contributed by atoms with E-state index in [4.69, 9.17) is 9.84 Å². The molecule has 0 unspecified atom stereocenters. The van der Waals surface area contributed by atoms with Crippen molar-refractivity contribution in [3.05, 3.63) is 0 Å². The summed E-state index contributed by atoms with van der Waals surface area (Å²) in [6.07, 6.45) is -0.621. The van der Waals surface area contributed by atoms with Crippen LogP contribution < -0.4 is 16.0 Å². The Balaban J connectivity index is 5.20. The molecule has 3 atom stereocenters. The van der Waals surface area contributed by atoms with Crippen LogP contribution in [0.1, 0.15) is 53.9 Å². The third-order valence-corrected chi connectivity index (χ3v) is 3.69. The summed E-state index contributed by atoms with van der Waals surface area (Å²) in [7, 11) is 1.46. The topological polar surface area (TPSA) is 134 Å². The minimum atomic E-state index is -1.13. The van der Waals surface area contributed by atoms with E-state index in [9.17, 15) is 19.2 Å². The molecule has 0 fully saturated rings. The first-order chi connectivity index (χ1) is 11.9. The second-order valence-corrected chi connectivity index (χ2v) is 7.12. The van der Waals surface area contributed by atoms with Gasteiger partial charge in [-0.05, 0) is 33.1 Å². The fraction of sp³-hybridized carbons (Fsp3) is 0.765. The van der Waals surface area contributed by atoms with Gasteiger partial charge in [-0.25, -0.2) is 4.79 Å². The van der Waals surface area contributed by atoms with Gasteiger partial charge >= 0.3 is 12.1 Å². The molecule has 0 spiro atoms. The first kappa shape index (κ1) is 23.7. The van der Waals surface area contributed by atoms with Crippen molar-refractivity contribution in [1.82, 2.24) is 16.0 Å². The number of amides is 3. The van der Waals surface area contributed by atoms with E-state index in [2.05, 4.69) is 16.0 Å². The summed E-state index contributed by atoms with van der Waals surface area (Å²) in [6.45, 7) is 8.71. The number of carbonyl (C=O) groups is 4. The molecule has 0 aliphatic rings. The predicted molar refractivity (Wildman–Crippen MR) is 95.5 cm³/mol. The van der Waals surface area contributed by atoms with Gasteiger partial charge in [0.05, 0.1) is 0 Å². The Labute approximate surface area is 154 Å². The minimum absolute atomic E-state index is 0.124. The lowest BCUT2D eigenvalue weighted by Crippen LogP contribution is -2.55. The predicted octanol–water partition coefficient (Wildman–Crippen LogP) is 1.02. The molecule has 3 amide bonds.